The first-order chi connectivity index (χ1) is 8.91. The Morgan fingerprint density at radius 1 is 1.47 bits per heavy atom. The standard InChI is InChI=1S/C13H20N2O3S/c1-8(2)12(10-4-3-7-19-10)15-13(18)9(14)5-6-11(16)17/h3-4,7-9,12H,5-6,14H2,1-2H3,(H,15,18)(H,16,17). The number of aliphatic carboxylic acids is 1. The fourth-order valence-electron chi connectivity index (χ4n) is 1.70. The molecule has 1 amide bonds. The number of nitrogens with one attached hydrogen (secondary N) is 1. The van der Waals surface area contributed by atoms with Crippen molar-refractivity contribution in [3.63, 3.8) is 0 Å². The Bertz CT molecular complexity index is 418. The summed E-state index contributed by atoms with van der Waals surface area (Å²) in [5.41, 5.74) is 5.70. The van der Waals surface area contributed by atoms with Gasteiger partial charge in [-0.3, -0.25) is 9.59 Å². The van der Waals surface area contributed by atoms with Crippen LogP contribution in [0.1, 0.15) is 37.6 Å². The predicted octanol–water partition coefficient (Wildman–Crippen LogP) is 1.75. The van der Waals surface area contributed by atoms with Crippen LogP contribution in [0, 0.1) is 5.92 Å². The van der Waals surface area contributed by atoms with Crippen molar-refractivity contribution in [3.8, 4) is 0 Å². The van der Waals surface area contributed by atoms with Gasteiger partial charge in [0.2, 0.25) is 5.91 Å². The summed E-state index contributed by atoms with van der Waals surface area (Å²) in [6.07, 6.45) is 0.0519. The lowest BCUT2D eigenvalue weighted by Gasteiger charge is -2.23. The monoisotopic (exact) mass is 284 g/mol. The molecular weight excluding hydrogens is 264 g/mol. The molecule has 19 heavy (non-hydrogen) atoms. The van der Waals surface area contributed by atoms with Gasteiger partial charge in [0.25, 0.3) is 0 Å². The number of carboxylic acids is 1. The molecule has 0 spiro atoms. The topological polar surface area (TPSA) is 92.4 Å². The second kappa shape index (κ2) is 7.25. The highest BCUT2D eigenvalue weighted by Gasteiger charge is 2.22. The van der Waals surface area contributed by atoms with Gasteiger partial charge in [-0.2, -0.15) is 0 Å². The van der Waals surface area contributed by atoms with E-state index in [-0.39, 0.29) is 30.7 Å². The Morgan fingerprint density at radius 3 is 2.63 bits per heavy atom. The molecule has 0 saturated carbocycles. The van der Waals surface area contributed by atoms with Crippen LogP contribution < -0.4 is 11.1 Å². The first kappa shape index (κ1) is 15.7. The summed E-state index contributed by atoms with van der Waals surface area (Å²) in [6, 6.07) is 3.05. The molecule has 106 valence electrons. The van der Waals surface area contributed by atoms with Crippen LogP contribution in [-0.4, -0.2) is 23.0 Å². The summed E-state index contributed by atoms with van der Waals surface area (Å²) in [4.78, 5) is 23.5. The van der Waals surface area contributed by atoms with Crippen LogP contribution in [0.15, 0.2) is 17.5 Å². The number of nitrogens with two attached hydrogens (primary N) is 1. The highest BCUT2D eigenvalue weighted by molar-refractivity contribution is 7.10. The summed E-state index contributed by atoms with van der Waals surface area (Å²) in [5, 5.41) is 13.4. The average molecular weight is 284 g/mol. The van der Waals surface area contributed by atoms with E-state index >= 15 is 0 Å². The van der Waals surface area contributed by atoms with E-state index in [0.717, 1.165) is 4.88 Å². The maximum atomic E-state index is 11.9. The summed E-state index contributed by atoms with van der Waals surface area (Å²) in [5.74, 6) is -0.996. The van der Waals surface area contributed by atoms with Crippen LogP contribution in [-0.2, 0) is 9.59 Å². The Labute approximate surface area is 116 Å². The van der Waals surface area contributed by atoms with Crippen LogP contribution in [0.3, 0.4) is 0 Å². The molecule has 1 aromatic heterocycles. The van der Waals surface area contributed by atoms with Gasteiger partial charge in [0.15, 0.2) is 0 Å². The number of hydrogen-bond donors (Lipinski definition) is 3. The quantitative estimate of drug-likeness (QED) is 0.711. The smallest absolute Gasteiger partial charge is 0.303 e. The highest BCUT2D eigenvalue weighted by atomic mass is 32.1. The zero-order valence-corrected chi connectivity index (χ0v) is 11.9. The van der Waals surface area contributed by atoms with Gasteiger partial charge >= 0.3 is 5.97 Å². The van der Waals surface area contributed by atoms with E-state index < -0.39 is 12.0 Å². The number of carbonyl (C=O) groups excluding carboxylic acids is 1. The van der Waals surface area contributed by atoms with Crippen molar-refractivity contribution in [2.75, 3.05) is 0 Å². The number of carbonyl (C=O) groups is 2. The minimum Gasteiger partial charge on any atom is -0.481 e. The summed E-state index contributed by atoms with van der Waals surface area (Å²) < 4.78 is 0. The molecule has 0 fully saturated rings. The van der Waals surface area contributed by atoms with E-state index in [1.807, 2.05) is 31.4 Å². The third-order valence-electron chi connectivity index (χ3n) is 2.82. The zero-order valence-electron chi connectivity index (χ0n) is 11.1. The molecule has 1 heterocycles. The van der Waals surface area contributed by atoms with Gasteiger partial charge in [-0.05, 0) is 23.8 Å². The second-order valence-electron chi connectivity index (χ2n) is 4.78. The minimum atomic E-state index is -0.943. The van der Waals surface area contributed by atoms with Gasteiger partial charge in [0.1, 0.15) is 0 Å². The predicted molar refractivity (Wildman–Crippen MR) is 74.9 cm³/mol. The molecule has 0 aromatic carbocycles. The van der Waals surface area contributed by atoms with Gasteiger partial charge < -0.3 is 16.2 Å². The summed E-state index contributed by atoms with van der Waals surface area (Å²) >= 11 is 1.58. The molecule has 5 nitrogen and oxygen atoms in total. The Kier molecular flexibility index (Phi) is 5.98. The van der Waals surface area contributed by atoms with Crippen LogP contribution in [0.5, 0.6) is 0 Å². The molecule has 2 unspecified atom stereocenters. The van der Waals surface area contributed by atoms with E-state index in [1.54, 1.807) is 11.3 Å². The number of hydrogen-bond acceptors (Lipinski definition) is 4. The van der Waals surface area contributed by atoms with Crippen LogP contribution in [0.4, 0.5) is 0 Å². The Balaban J connectivity index is 2.59. The lowest BCUT2D eigenvalue weighted by Crippen LogP contribution is -2.43. The molecule has 1 rings (SSSR count). The van der Waals surface area contributed by atoms with Gasteiger partial charge in [0.05, 0.1) is 12.1 Å². The molecular formula is C13H20N2O3S. The first-order valence-corrected chi connectivity index (χ1v) is 7.11. The van der Waals surface area contributed by atoms with E-state index in [1.165, 1.54) is 0 Å². The van der Waals surface area contributed by atoms with E-state index in [0.29, 0.717) is 0 Å². The highest BCUT2D eigenvalue weighted by Crippen LogP contribution is 2.25. The average Bonchev–Trinajstić information content (AvgIpc) is 2.85. The lowest BCUT2D eigenvalue weighted by molar-refractivity contribution is -0.137. The van der Waals surface area contributed by atoms with Gasteiger partial charge in [0, 0.05) is 11.3 Å². The zero-order chi connectivity index (χ0) is 14.4. The summed E-state index contributed by atoms with van der Waals surface area (Å²) in [7, 11) is 0. The van der Waals surface area contributed by atoms with Crippen molar-refractivity contribution >= 4 is 23.2 Å². The molecule has 0 saturated heterocycles. The fourth-order valence-corrected chi connectivity index (χ4v) is 2.65. The van der Waals surface area contributed by atoms with Crippen LogP contribution in [0.2, 0.25) is 0 Å². The Morgan fingerprint density at radius 2 is 2.16 bits per heavy atom. The molecule has 2 atom stereocenters. The van der Waals surface area contributed by atoms with Crippen LogP contribution >= 0.6 is 11.3 Å². The molecule has 6 heteroatoms. The van der Waals surface area contributed by atoms with Gasteiger partial charge in [-0.1, -0.05) is 19.9 Å². The molecule has 4 N–H and O–H groups in total. The van der Waals surface area contributed by atoms with Crippen LogP contribution in [0.25, 0.3) is 0 Å². The second-order valence-corrected chi connectivity index (χ2v) is 5.76. The normalized spacial score (nSPS) is 14.1. The first-order valence-electron chi connectivity index (χ1n) is 6.23. The van der Waals surface area contributed by atoms with E-state index in [2.05, 4.69) is 5.32 Å². The van der Waals surface area contributed by atoms with Crippen molar-refractivity contribution in [2.45, 2.75) is 38.8 Å². The van der Waals surface area contributed by atoms with Crippen molar-refractivity contribution in [3.05, 3.63) is 22.4 Å². The molecule has 0 aliphatic rings. The minimum absolute atomic E-state index is 0.0802. The van der Waals surface area contributed by atoms with Crippen molar-refractivity contribution in [1.29, 1.82) is 0 Å². The van der Waals surface area contributed by atoms with Crippen molar-refractivity contribution < 1.29 is 14.7 Å². The number of amides is 1. The maximum absolute atomic E-state index is 11.9. The summed E-state index contributed by atoms with van der Waals surface area (Å²) in [6.45, 7) is 4.04. The van der Waals surface area contributed by atoms with E-state index in [9.17, 15) is 9.59 Å². The maximum Gasteiger partial charge on any atom is 0.303 e. The molecule has 0 radical (unpaired) electrons. The Hall–Kier alpha value is -1.40. The molecule has 0 bridgehead atoms. The fraction of sp³-hybridized carbons (Fsp3) is 0.538. The third-order valence-corrected chi connectivity index (χ3v) is 3.78. The number of rotatable bonds is 7. The van der Waals surface area contributed by atoms with E-state index in [4.69, 9.17) is 10.8 Å². The SMILES string of the molecule is CC(C)C(NC(=O)C(N)CCC(=O)O)c1cccs1. The van der Waals surface area contributed by atoms with Gasteiger partial charge in [-0.25, -0.2) is 0 Å². The third kappa shape index (κ3) is 5.00. The van der Waals surface area contributed by atoms with Crippen molar-refractivity contribution in [2.24, 2.45) is 11.7 Å². The van der Waals surface area contributed by atoms with Gasteiger partial charge in [-0.15, -0.1) is 11.3 Å². The molecule has 0 aliphatic carbocycles. The largest absolute Gasteiger partial charge is 0.481 e. The lowest BCUT2D eigenvalue weighted by atomic mass is 10.0. The number of thiophene rings is 1. The molecule has 0 aliphatic heterocycles. The van der Waals surface area contributed by atoms with Crippen molar-refractivity contribution in [1.82, 2.24) is 5.32 Å². The molecule has 1 aromatic rings. The number of carboxylic acid groups (broad SMARTS) is 1.